The van der Waals surface area contributed by atoms with E-state index in [1.54, 1.807) is 0 Å². The van der Waals surface area contributed by atoms with Gasteiger partial charge in [0.15, 0.2) is 0 Å². The second-order valence-corrected chi connectivity index (χ2v) is 7.80. The van der Waals surface area contributed by atoms with Crippen molar-refractivity contribution in [2.75, 3.05) is 26.3 Å². The second kappa shape index (κ2) is 8.72. The van der Waals surface area contributed by atoms with E-state index in [2.05, 4.69) is 29.2 Å². The van der Waals surface area contributed by atoms with Crippen LogP contribution >= 0.6 is 12.4 Å². The molecule has 3 fully saturated rings. The average molecular weight is 367 g/mol. The van der Waals surface area contributed by atoms with E-state index < -0.39 is 0 Å². The summed E-state index contributed by atoms with van der Waals surface area (Å²) in [5.41, 5.74) is 7.69. The molecule has 5 heteroatoms. The fourth-order valence-electron chi connectivity index (χ4n) is 4.65. The predicted octanol–water partition coefficient (Wildman–Crippen LogP) is 3.23. The van der Waals surface area contributed by atoms with Gasteiger partial charge >= 0.3 is 0 Å². The van der Waals surface area contributed by atoms with Crippen LogP contribution in [0.3, 0.4) is 0 Å². The maximum Gasteiger partial charge on any atom is 0.119 e. The molecular weight excluding hydrogens is 336 g/mol. The molecule has 1 aliphatic carbocycles. The lowest BCUT2D eigenvalue weighted by atomic mass is 9.78. The Bertz CT molecular complexity index is 533. The zero-order valence-corrected chi connectivity index (χ0v) is 15.8. The summed E-state index contributed by atoms with van der Waals surface area (Å²) in [5, 5.41) is 0. The molecule has 3 aliphatic rings. The van der Waals surface area contributed by atoms with Crippen LogP contribution in [-0.4, -0.2) is 43.3 Å². The first kappa shape index (κ1) is 19.0. The third-order valence-corrected chi connectivity index (χ3v) is 6.02. The van der Waals surface area contributed by atoms with E-state index in [1.807, 2.05) is 0 Å². The maximum absolute atomic E-state index is 6.33. The summed E-state index contributed by atoms with van der Waals surface area (Å²) in [6, 6.07) is 9.01. The number of benzene rings is 1. The number of halogens is 1. The van der Waals surface area contributed by atoms with Crippen molar-refractivity contribution in [2.24, 2.45) is 17.6 Å². The lowest BCUT2D eigenvalue weighted by Gasteiger charge is -2.29. The molecular formula is C20H31ClN2O2. The molecule has 25 heavy (non-hydrogen) atoms. The van der Waals surface area contributed by atoms with Gasteiger partial charge in [-0.25, -0.2) is 0 Å². The minimum atomic E-state index is 0. The number of rotatable bonds is 5. The van der Waals surface area contributed by atoms with Crippen LogP contribution < -0.4 is 10.5 Å². The summed E-state index contributed by atoms with van der Waals surface area (Å²) >= 11 is 0. The minimum Gasteiger partial charge on any atom is -0.491 e. The molecule has 1 saturated carbocycles. The summed E-state index contributed by atoms with van der Waals surface area (Å²) in [7, 11) is 0. The Balaban J connectivity index is 0.00000182. The fraction of sp³-hybridized carbons (Fsp3) is 0.700. The molecule has 0 spiro atoms. The zero-order chi connectivity index (χ0) is 16.4. The number of ether oxygens (including phenoxy) is 2. The van der Waals surface area contributed by atoms with Gasteiger partial charge in [0.05, 0.1) is 6.10 Å². The molecule has 4 rings (SSSR count). The van der Waals surface area contributed by atoms with Gasteiger partial charge in [-0.3, -0.25) is 4.90 Å². The summed E-state index contributed by atoms with van der Waals surface area (Å²) in [6.45, 7) is 4.98. The van der Waals surface area contributed by atoms with E-state index in [-0.39, 0.29) is 18.5 Å². The molecule has 1 aromatic carbocycles. The molecule has 0 aromatic heterocycles. The van der Waals surface area contributed by atoms with Crippen molar-refractivity contribution in [3.63, 3.8) is 0 Å². The maximum atomic E-state index is 6.33. The summed E-state index contributed by atoms with van der Waals surface area (Å²) in [5.74, 6) is 2.49. The highest BCUT2D eigenvalue weighted by Crippen LogP contribution is 2.36. The van der Waals surface area contributed by atoms with Gasteiger partial charge in [0, 0.05) is 32.3 Å². The lowest BCUT2D eigenvalue weighted by molar-refractivity contribution is 0.0679. The topological polar surface area (TPSA) is 47.7 Å². The van der Waals surface area contributed by atoms with Crippen LogP contribution in [0.4, 0.5) is 0 Å². The molecule has 4 unspecified atom stereocenters. The number of nitrogens with zero attached hydrogens (tertiary/aromatic N) is 1. The molecule has 4 atom stereocenters. The van der Waals surface area contributed by atoms with Crippen LogP contribution in [0.25, 0.3) is 0 Å². The van der Waals surface area contributed by atoms with Crippen molar-refractivity contribution in [1.29, 1.82) is 0 Å². The fourth-order valence-corrected chi connectivity index (χ4v) is 4.65. The molecule has 0 radical (unpaired) electrons. The van der Waals surface area contributed by atoms with E-state index in [9.17, 15) is 0 Å². The van der Waals surface area contributed by atoms with Crippen molar-refractivity contribution in [3.8, 4) is 5.75 Å². The highest BCUT2D eigenvalue weighted by Gasteiger charge is 2.38. The molecule has 2 aliphatic heterocycles. The van der Waals surface area contributed by atoms with Gasteiger partial charge in [-0.1, -0.05) is 18.6 Å². The highest BCUT2D eigenvalue weighted by atomic mass is 35.5. The molecule has 140 valence electrons. The lowest BCUT2D eigenvalue weighted by Crippen LogP contribution is -2.38. The number of hydrogen-bond acceptors (Lipinski definition) is 4. The first-order chi connectivity index (χ1) is 11.8. The Labute approximate surface area is 157 Å². The Morgan fingerprint density at radius 1 is 1.08 bits per heavy atom. The van der Waals surface area contributed by atoms with Gasteiger partial charge in [0.2, 0.25) is 0 Å². The molecule has 2 saturated heterocycles. The molecule has 1 aromatic rings. The molecule has 4 nitrogen and oxygen atoms in total. The van der Waals surface area contributed by atoms with Gasteiger partial charge < -0.3 is 15.2 Å². The first-order valence-electron chi connectivity index (χ1n) is 9.59. The van der Waals surface area contributed by atoms with Crippen molar-refractivity contribution in [3.05, 3.63) is 29.8 Å². The largest absolute Gasteiger partial charge is 0.491 e. The third kappa shape index (κ3) is 4.68. The van der Waals surface area contributed by atoms with Crippen LogP contribution in [0.1, 0.15) is 37.7 Å². The van der Waals surface area contributed by atoms with Gasteiger partial charge in [-0.15, -0.1) is 12.4 Å². The van der Waals surface area contributed by atoms with E-state index in [0.29, 0.717) is 18.6 Å². The van der Waals surface area contributed by atoms with E-state index in [0.717, 1.165) is 37.7 Å². The van der Waals surface area contributed by atoms with Gasteiger partial charge in [-0.05, 0) is 55.2 Å². The number of likely N-dealkylation sites (tertiary alicyclic amines) is 1. The number of fused-ring (bicyclic) bond motifs is 1. The van der Waals surface area contributed by atoms with Crippen LogP contribution in [0.15, 0.2) is 24.3 Å². The Morgan fingerprint density at radius 2 is 1.92 bits per heavy atom. The summed E-state index contributed by atoms with van der Waals surface area (Å²) in [6.07, 6.45) is 6.46. The quantitative estimate of drug-likeness (QED) is 0.869. The van der Waals surface area contributed by atoms with Crippen LogP contribution in [-0.2, 0) is 11.3 Å². The molecule has 0 bridgehead atoms. The molecule has 2 heterocycles. The Hall–Kier alpha value is -0.810. The Kier molecular flexibility index (Phi) is 6.61. The summed E-state index contributed by atoms with van der Waals surface area (Å²) < 4.78 is 11.5. The van der Waals surface area contributed by atoms with Crippen molar-refractivity contribution < 1.29 is 9.47 Å². The van der Waals surface area contributed by atoms with Gasteiger partial charge in [0.25, 0.3) is 0 Å². The van der Waals surface area contributed by atoms with Crippen LogP contribution in [0.2, 0.25) is 0 Å². The van der Waals surface area contributed by atoms with Crippen LogP contribution in [0.5, 0.6) is 5.75 Å². The van der Waals surface area contributed by atoms with Crippen molar-refractivity contribution in [1.82, 2.24) is 4.90 Å². The summed E-state index contributed by atoms with van der Waals surface area (Å²) in [4.78, 5) is 2.59. The standard InChI is InChI=1S/C20H30N2O2.ClH/c21-20-5-1-3-16-12-22(13-19(16)20)11-15-6-8-17(9-7-15)24-14-18-4-2-10-23-18;/h6-9,16,18-20H,1-5,10-14,21H2;1H. The first-order valence-corrected chi connectivity index (χ1v) is 9.59. The average Bonchev–Trinajstić information content (AvgIpc) is 3.24. The SMILES string of the molecule is Cl.NC1CCCC2CN(Cc3ccc(OCC4CCCO4)cc3)CC12. The van der Waals surface area contributed by atoms with Gasteiger partial charge in [-0.2, -0.15) is 0 Å². The monoisotopic (exact) mass is 366 g/mol. The zero-order valence-electron chi connectivity index (χ0n) is 14.9. The Morgan fingerprint density at radius 3 is 2.64 bits per heavy atom. The number of nitrogens with two attached hydrogens (primary N) is 1. The van der Waals surface area contributed by atoms with Crippen LogP contribution in [0, 0.1) is 11.8 Å². The molecule has 2 N–H and O–H groups in total. The number of hydrogen-bond donors (Lipinski definition) is 1. The van der Waals surface area contributed by atoms with Crippen molar-refractivity contribution >= 4 is 12.4 Å². The minimum absolute atomic E-state index is 0. The normalized spacial score (nSPS) is 32.2. The van der Waals surface area contributed by atoms with E-state index in [1.165, 1.54) is 37.9 Å². The predicted molar refractivity (Wildman–Crippen MR) is 102 cm³/mol. The van der Waals surface area contributed by atoms with E-state index >= 15 is 0 Å². The van der Waals surface area contributed by atoms with E-state index in [4.69, 9.17) is 15.2 Å². The van der Waals surface area contributed by atoms with Crippen molar-refractivity contribution in [2.45, 2.75) is 50.8 Å². The highest BCUT2D eigenvalue weighted by molar-refractivity contribution is 5.85. The third-order valence-electron chi connectivity index (χ3n) is 6.02. The van der Waals surface area contributed by atoms with Gasteiger partial charge in [0.1, 0.15) is 12.4 Å². The molecule has 0 amide bonds. The smallest absolute Gasteiger partial charge is 0.119 e. The second-order valence-electron chi connectivity index (χ2n) is 7.80.